The van der Waals surface area contributed by atoms with Gasteiger partial charge in [-0.25, -0.2) is 13.6 Å². The van der Waals surface area contributed by atoms with Gasteiger partial charge in [0, 0.05) is 6.54 Å². The predicted octanol–water partition coefficient (Wildman–Crippen LogP) is 2.16. The van der Waals surface area contributed by atoms with Gasteiger partial charge in [-0.15, -0.1) is 11.3 Å². The van der Waals surface area contributed by atoms with Crippen LogP contribution < -0.4 is 21.7 Å². The van der Waals surface area contributed by atoms with E-state index in [1.165, 1.54) is 23.1 Å². The van der Waals surface area contributed by atoms with E-state index in [2.05, 4.69) is 17.2 Å². The van der Waals surface area contributed by atoms with Crippen LogP contribution in [0.25, 0.3) is 0 Å². The van der Waals surface area contributed by atoms with Gasteiger partial charge in [0.1, 0.15) is 4.88 Å². The fourth-order valence-electron chi connectivity index (χ4n) is 3.08. The first-order chi connectivity index (χ1) is 13.4. The number of thiophene rings is 1. The summed E-state index contributed by atoms with van der Waals surface area (Å²) in [5.74, 6) is 2.48. The molecule has 6 nitrogen and oxygen atoms in total. The van der Waals surface area contributed by atoms with E-state index in [1.807, 2.05) is 0 Å². The van der Waals surface area contributed by atoms with Crippen LogP contribution in [0.5, 0.6) is 0 Å². The Hall–Kier alpha value is -2.96. The molecule has 0 bridgehead atoms. The second kappa shape index (κ2) is 8.37. The minimum absolute atomic E-state index is 0.112. The number of rotatable bonds is 3. The van der Waals surface area contributed by atoms with E-state index in [0.717, 1.165) is 36.8 Å². The number of carbonyl (C=O) groups is 2. The van der Waals surface area contributed by atoms with Gasteiger partial charge in [0.25, 0.3) is 5.91 Å². The van der Waals surface area contributed by atoms with Crippen molar-refractivity contribution in [2.75, 3.05) is 18.0 Å². The average Bonchev–Trinajstić information content (AvgIpc) is 3.08. The van der Waals surface area contributed by atoms with Gasteiger partial charge in [0.05, 0.1) is 22.2 Å². The van der Waals surface area contributed by atoms with E-state index in [4.69, 9.17) is 11.5 Å². The predicted molar refractivity (Wildman–Crippen MR) is 103 cm³/mol. The van der Waals surface area contributed by atoms with Gasteiger partial charge < -0.3 is 16.8 Å². The molecule has 9 heteroatoms. The molecule has 1 aliphatic rings. The van der Waals surface area contributed by atoms with Crippen molar-refractivity contribution in [3.05, 3.63) is 51.2 Å². The summed E-state index contributed by atoms with van der Waals surface area (Å²) in [6.07, 6.45) is 1.58. The monoisotopic (exact) mass is 404 g/mol. The molecule has 3 rings (SSSR count). The number of benzene rings is 1. The number of carbonyl (C=O) groups excluding carboxylic acids is 2. The van der Waals surface area contributed by atoms with Gasteiger partial charge in [-0.1, -0.05) is 17.9 Å². The summed E-state index contributed by atoms with van der Waals surface area (Å²) in [6, 6.07) is 4.29. The smallest absolute Gasteiger partial charge is 0.319 e. The zero-order valence-corrected chi connectivity index (χ0v) is 15.6. The highest BCUT2D eigenvalue weighted by Gasteiger charge is 2.29. The number of hydrogen-bond acceptors (Lipinski definition) is 4. The lowest BCUT2D eigenvalue weighted by molar-refractivity contribution is 0.100. The minimum Gasteiger partial charge on any atom is -0.365 e. The van der Waals surface area contributed by atoms with Crippen LogP contribution in [-0.2, 0) is 0 Å². The molecule has 0 aliphatic carbocycles. The number of anilines is 1. The van der Waals surface area contributed by atoms with Crippen LogP contribution in [-0.4, -0.2) is 31.1 Å². The summed E-state index contributed by atoms with van der Waals surface area (Å²) in [5, 5.41) is 3.19. The first-order valence-corrected chi connectivity index (χ1v) is 9.39. The number of hydrogen-bond donors (Lipinski definition) is 3. The highest BCUT2D eigenvalue weighted by molar-refractivity contribution is 7.15. The standard InChI is InChI=1S/C19H18F2N4O2S/c20-14-5-1-3-11(16(14)21)6-7-13-9-15(17(28-13)18(22)26)25(19(23)27)12-4-2-8-24-10-12/h1,3,5,9,12,24H,2,4,8,10H2,(H2,22,26)(H2,23,27)/t12-/m0/s1. The van der Waals surface area contributed by atoms with E-state index in [9.17, 15) is 18.4 Å². The Kier molecular flexibility index (Phi) is 5.92. The molecule has 1 aliphatic heterocycles. The Balaban J connectivity index is 2.00. The van der Waals surface area contributed by atoms with E-state index in [-0.39, 0.29) is 22.2 Å². The zero-order chi connectivity index (χ0) is 20.3. The Bertz CT molecular complexity index is 974. The molecule has 146 valence electrons. The number of primary amides is 2. The summed E-state index contributed by atoms with van der Waals surface area (Å²) in [6.45, 7) is 1.37. The quantitative estimate of drug-likeness (QED) is 0.684. The molecule has 1 atom stereocenters. The van der Waals surface area contributed by atoms with Crippen molar-refractivity contribution in [3.63, 3.8) is 0 Å². The fourth-order valence-corrected chi connectivity index (χ4v) is 3.93. The van der Waals surface area contributed by atoms with E-state index in [0.29, 0.717) is 11.4 Å². The summed E-state index contributed by atoms with van der Waals surface area (Å²) in [7, 11) is 0. The molecule has 28 heavy (non-hydrogen) atoms. The number of halogens is 2. The van der Waals surface area contributed by atoms with Crippen molar-refractivity contribution in [2.24, 2.45) is 11.5 Å². The van der Waals surface area contributed by atoms with Crippen molar-refractivity contribution in [1.82, 2.24) is 5.32 Å². The highest BCUT2D eigenvalue weighted by Crippen LogP contribution is 2.32. The Morgan fingerprint density at radius 1 is 1.25 bits per heavy atom. The molecular weight excluding hydrogens is 386 g/mol. The van der Waals surface area contributed by atoms with Crippen molar-refractivity contribution < 1.29 is 18.4 Å². The summed E-state index contributed by atoms with van der Waals surface area (Å²) in [4.78, 5) is 25.8. The van der Waals surface area contributed by atoms with E-state index >= 15 is 0 Å². The second-order valence-electron chi connectivity index (χ2n) is 6.25. The highest BCUT2D eigenvalue weighted by atomic mass is 32.1. The van der Waals surface area contributed by atoms with Crippen LogP contribution in [0, 0.1) is 23.5 Å². The molecule has 1 aromatic heterocycles. The summed E-state index contributed by atoms with van der Waals surface area (Å²) in [5.41, 5.74) is 11.2. The summed E-state index contributed by atoms with van der Waals surface area (Å²) < 4.78 is 27.1. The van der Waals surface area contributed by atoms with Crippen molar-refractivity contribution in [2.45, 2.75) is 18.9 Å². The van der Waals surface area contributed by atoms with Crippen LogP contribution >= 0.6 is 11.3 Å². The maximum Gasteiger partial charge on any atom is 0.319 e. The van der Waals surface area contributed by atoms with Crippen molar-refractivity contribution in [1.29, 1.82) is 0 Å². The molecule has 3 amide bonds. The molecule has 5 N–H and O–H groups in total. The van der Waals surface area contributed by atoms with Crippen molar-refractivity contribution in [3.8, 4) is 11.8 Å². The minimum atomic E-state index is -1.05. The molecule has 0 spiro atoms. The first kappa shape index (κ1) is 19.8. The third kappa shape index (κ3) is 4.13. The Labute approximate surface area is 164 Å². The topological polar surface area (TPSA) is 101 Å². The normalized spacial score (nSPS) is 16.1. The largest absolute Gasteiger partial charge is 0.365 e. The van der Waals surface area contributed by atoms with Crippen LogP contribution in [0.15, 0.2) is 24.3 Å². The van der Waals surface area contributed by atoms with Gasteiger partial charge in [-0.05, 0) is 37.6 Å². The molecule has 0 radical (unpaired) electrons. The molecule has 2 heterocycles. The fraction of sp³-hybridized carbons (Fsp3) is 0.263. The third-order valence-corrected chi connectivity index (χ3v) is 5.40. The number of nitrogens with one attached hydrogen (secondary N) is 1. The first-order valence-electron chi connectivity index (χ1n) is 8.57. The average molecular weight is 404 g/mol. The summed E-state index contributed by atoms with van der Waals surface area (Å²) >= 11 is 0.972. The second-order valence-corrected chi connectivity index (χ2v) is 7.30. The molecule has 1 aromatic carbocycles. The van der Waals surface area contributed by atoms with Gasteiger partial charge in [-0.3, -0.25) is 9.69 Å². The molecule has 1 fully saturated rings. The lowest BCUT2D eigenvalue weighted by atomic mass is 10.1. The van der Waals surface area contributed by atoms with Crippen LogP contribution in [0.2, 0.25) is 0 Å². The van der Waals surface area contributed by atoms with E-state index < -0.39 is 23.6 Å². The molecule has 1 saturated heterocycles. The van der Waals surface area contributed by atoms with Crippen LogP contribution in [0.3, 0.4) is 0 Å². The molecule has 2 aromatic rings. The number of urea groups is 1. The Morgan fingerprint density at radius 3 is 2.68 bits per heavy atom. The van der Waals surface area contributed by atoms with Gasteiger partial charge in [0.2, 0.25) is 0 Å². The van der Waals surface area contributed by atoms with Gasteiger partial charge >= 0.3 is 6.03 Å². The molecular formula is C19H18F2N4O2S. The van der Waals surface area contributed by atoms with Crippen LogP contribution in [0.1, 0.15) is 33.0 Å². The number of nitrogens with two attached hydrogens (primary N) is 2. The lowest BCUT2D eigenvalue weighted by Gasteiger charge is -2.33. The molecule has 0 unspecified atom stereocenters. The zero-order valence-electron chi connectivity index (χ0n) is 14.8. The SMILES string of the molecule is NC(=O)c1sc(C#Cc2cccc(F)c2F)cc1N(C(N)=O)[C@H]1CCCNC1. The maximum absolute atomic E-state index is 13.8. The van der Waals surface area contributed by atoms with Crippen LogP contribution in [0.4, 0.5) is 19.3 Å². The van der Waals surface area contributed by atoms with E-state index in [1.54, 1.807) is 0 Å². The van der Waals surface area contributed by atoms with Gasteiger partial charge in [-0.2, -0.15) is 0 Å². The number of nitrogens with zero attached hydrogens (tertiary/aromatic N) is 1. The Morgan fingerprint density at radius 2 is 2.04 bits per heavy atom. The molecule has 0 saturated carbocycles. The number of piperidine rings is 1. The third-order valence-electron chi connectivity index (χ3n) is 4.34. The lowest BCUT2D eigenvalue weighted by Crippen LogP contribution is -2.51. The number of amides is 3. The van der Waals surface area contributed by atoms with Gasteiger partial charge in [0.15, 0.2) is 11.6 Å². The van der Waals surface area contributed by atoms with Crippen molar-refractivity contribution >= 4 is 29.0 Å². The maximum atomic E-state index is 13.8.